The first-order chi connectivity index (χ1) is 14.8. The molecule has 0 atom stereocenters. The molecule has 2 aromatic heterocycles. The summed E-state index contributed by atoms with van der Waals surface area (Å²) in [4.78, 5) is 14.5. The highest BCUT2D eigenvalue weighted by Crippen LogP contribution is 2.31. The van der Waals surface area contributed by atoms with Crippen LogP contribution < -0.4 is 0 Å². The number of aromatic amines is 2. The lowest BCUT2D eigenvalue weighted by Crippen LogP contribution is -2.60. The Hall–Kier alpha value is -2.35. The minimum Gasteiger partial charge on any atom is -0.444 e. The maximum Gasteiger partial charge on any atom is 0.410 e. The van der Waals surface area contributed by atoms with Crippen LogP contribution in [0.2, 0.25) is 0 Å². The zero-order chi connectivity index (χ0) is 21.6. The number of aromatic nitrogens is 4. The van der Waals surface area contributed by atoms with E-state index >= 15 is 0 Å². The molecule has 2 aliphatic carbocycles. The molecule has 5 rings (SSSR count). The molecule has 1 aliphatic heterocycles. The monoisotopic (exact) mass is 427 g/mol. The van der Waals surface area contributed by atoms with E-state index in [0.29, 0.717) is 13.1 Å². The van der Waals surface area contributed by atoms with Gasteiger partial charge in [-0.25, -0.2) is 4.79 Å². The Balaban J connectivity index is 1.37. The number of aryl methyl sites for hydroxylation is 2. The highest BCUT2D eigenvalue weighted by atomic mass is 16.6. The molecule has 3 aliphatic rings. The molecule has 2 aromatic rings. The topological polar surface area (TPSA) is 86.9 Å². The number of amides is 1. The summed E-state index contributed by atoms with van der Waals surface area (Å²) in [6.45, 7) is 10.8. The number of hydrogen-bond donors (Lipinski definition) is 2. The molecule has 0 saturated carbocycles. The lowest BCUT2D eigenvalue weighted by Gasteiger charge is -2.44. The second-order valence-corrected chi connectivity index (χ2v) is 10.5. The van der Waals surface area contributed by atoms with Gasteiger partial charge in [-0.15, -0.1) is 0 Å². The summed E-state index contributed by atoms with van der Waals surface area (Å²) in [6, 6.07) is 0. The van der Waals surface area contributed by atoms with E-state index in [-0.39, 0.29) is 6.09 Å². The van der Waals surface area contributed by atoms with Crippen molar-refractivity contribution < 1.29 is 14.0 Å². The Morgan fingerprint density at radius 3 is 1.94 bits per heavy atom. The Morgan fingerprint density at radius 2 is 1.45 bits per heavy atom. The first-order valence-corrected chi connectivity index (χ1v) is 11.7. The van der Waals surface area contributed by atoms with Crippen LogP contribution in [-0.2, 0) is 43.5 Å². The van der Waals surface area contributed by atoms with E-state index in [2.05, 4.69) is 10.2 Å². The van der Waals surface area contributed by atoms with E-state index in [0.717, 1.165) is 56.3 Å². The van der Waals surface area contributed by atoms with Crippen LogP contribution in [0.1, 0.15) is 67.5 Å². The third-order valence-corrected chi connectivity index (χ3v) is 7.09. The van der Waals surface area contributed by atoms with E-state index in [9.17, 15) is 4.79 Å². The zero-order valence-corrected chi connectivity index (χ0v) is 19.1. The van der Waals surface area contributed by atoms with E-state index < -0.39 is 5.60 Å². The molecule has 0 spiro atoms. The van der Waals surface area contributed by atoms with Gasteiger partial charge in [0.15, 0.2) is 0 Å². The molecular weight excluding hydrogens is 392 g/mol. The summed E-state index contributed by atoms with van der Waals surface area (Å²) in [7, 11) is 0. The average molecular weight is 428 g/mol. The van der Waals surface area contributed by atoms with Gasteiger partial charge in [0, 0.05) is 22.5 Å². The van der Waals surface area contributed by atoms with Gasteiger partial charge < -0.3 is 9.22 Å². The fourth-order valence-corrected chi connectivity index (χ4v) is 5.44. The molecule has 0 bridgehead atoms. The van der Waals surface area contributed by atoms with Gasteiger partial charge in [-0.05, 0) is 59.3 Å². The number of rotatable bonds is 4. The number of quaternary nitrogens is 1. The second-order valence-electron chi connectivity index (χ2n) is 10.5. The zero-order valence-electron chi connectivity index (χ0n) is 19.1. The molecule has 8 heteroatoms. The number of piperazine rings is 1. The van der Waals surface area contributed by atoms with E-state index in [4.69, 9.17) is 14.9 Å². The maximum atomic E-state index is 12.6. The molecule has 0 radical (unpaired) electrons. The van der Waals surface area contributed by atoms with Crippen LogP contribution in [0, 0.1) is 0 Å². The summed E-state index contributed by atoms with van der Waals surface area (Å²) >= 11 is 0. The van der Waals surface area contributed by atoms with Gasteiger partial charge >= 0.3 is 6.09 Å². The second kappa shape index (κ2) is 7.65. The van der Waals surface area contributed by atoms with E-state index in [1.165, 1.54) is 46.7 Å². The van der Waals surface area contributed by atoms with Gasteiger partial charge in [0.2, 0.25) is 0 Å². The number of H-pyrrole nitrogens is 2. The first-order valence-electron chi connectivity index (χ1n) is 11.7. The van der Waals surface area contributed by atoms with Crippen LogP contribution in [0.5, 0.6) is 0 Å². The number of fused-ring (bicyclic) bond motifs is 2. The summed E-state index contributed by atoms with van der Waals surface area (Å²) in [5.41, 5.74) is 7.46. The molecule has 1 fully saturated rings. The summed E-state index contributed by atoms with van der Waals surface area (Å²) in [6.07, 6.45) is 6.72. The Labute approximate surface area is 183 Å². The van der Waals surface area contributed by atoms with Crippen molar-refractivity contribution in [3.05, 3.63) is 33.9 Å². The van der Waals surface area contributed by atoms with Crippen molar-refractivity contribution in [2.75, 3.05) is 26.2 Å². The number of carbonyl (C=O) groups is 1. The van der Waals surface area contributed by atoms with Gasteiger partial charge in [0.1, 0.15) is 30.1 Å². The fourth-order valence-electron chi connectivity index (χ4n) is 5.44. The van der Waals surface area contributed by atoms with Crippen molar-refractivity contribution in [2.24, 2.45) is 0 Å². The highest BCUT2D eigenvalue weighted by molar-refractivity contribution is 5.68. The van der Waals surface area contributed by atoms with Crippen LogP contribution >= 0.6 is 0 Å². The third kappa shape index (κ3) is 4.10. The molecule has 2 N–H and O–H groups in total. The lowest BCUT2D eigenvalue weighted by molar-refractivity contribution is -0.957. The van der Waals surface area contributed by atoms with Crippen LogP contribution in [0.25, 0.3) is 0 Å². The Morgan fingerprint density at radius 1 is 0.935 bits per heavy atom. The molecule has 3 heterocycles. The number of ether oxygens (including phenoxy) is 1. The SMILES string of the molecule is CC(C)(C)OC(=O)N1CC[N+](Cc2n[nH]c3c2CCC3)(Cc2n[nH]c3c2CCC3)CC1. The molecular formula is C23H35N6O2+. The summed E-state index contributed by atoms with van der Waals surface area (Å²) in [5.74, 6) is 0. The maximum absolute atomic E-state index is 12.6. The van der Waals surface area contributed by atoms with Crippen molar-refractivity contribution in [2.45, 2.75) is 78.0 Å². The fraction of sp³-hybridized carbons (Fsp3) is 0.696. The number of hydrogen-bond acceptors (Lipinski definition) is 4. The Bertz CT molecular complexity index is 905. The van der Waals surface area contributed by atoms with Gasteiger partial charge in [-0.1, -0.05) is 0 Å². The quantitative estimate of drug-likeness (QED) is 0.735. The predicted molar refractivity (Wildman–Crippen MR) is 116 cm³/mol. The summed E-state index contributed by atoms with van der Waals surface area (Å²) in [5, 5.41) is 16.0. The van der Waals surface area contributed by atoms with Gasteiger partial charge in [-0.2, -0.15) is 10.2 Å². The first kappa shape index (κ1) is 20.5. The standard InChI is InChI=1S/C23H35N6O2/c1-23(2,3)31-22(30)28-10-12-29(13-11-28,14-20-16-6-4-8-18(16)24-26-20)15-21-17-7-5-9-19(17)25-27-21/h4-15H2,1-3H3,(H,24,26)(H,25,27)/q+1. The van der Waals surface area contributed by atoms with Gasteiger partial charge in [0.05, 0.1) is 26.2 Å². The molecule has 168 valence electrons. The molecule has 8 nitrogen and oxygen atoms in total. The van der Waals surface area contributed by atoms with Crippen molar-refractivity contribution in [3.63, 3.8) is 0 Å². The number of carbonyl (C=O) groups excluding carboxylic acids is 1. The Kier molecular flexibility index (Phi) is 5.07. The molecule has 0 aromatic carbocycles. The van der Waals surface area contributed by atoms with Crippen LogP contribution in [0.3, 0.4) is 0 Å². The van der Waals surface area contributed by atoms with Crippen molar-refractivity contribution in [1.82, 2.24) is 25.3 Å². The van der Waals surface area contributed by atoms with Crippen LogP contribution in [0.15, 0.2) is 0 Å². The van der Waals surface area contributed by atoms with Crippen LogP contribution in [-0.4, -0.2) is 67.7 Å². The third-order valence-electron chi connectivity index (χ3n) is 7.09. The number of nitrogens with zero attached hydrogens (tertiary/aromatic N) is 4. The smallest absolute Gasteiger partial charge is 0.410 e. The summed E-state index contributed by atoms with van der Waals surface area (Å²) < 4.78 is 6.52. The van der Waals surface area contributed by atoms with E-state index in [1.54, 1.807) is 0 Å². The van der Waals surface area contributed by atoms with Crippen LogP contribution in [0.4, 0.5) is 4.79 Å². The highest BCUT2D eigenvalue weighted by Gasteiger charge is 2.39. The lowest BCUT2D eigenvalue weighted by atomic mass is 10.1. The molecule has 1 amide bonds. The van der Waals surface area contributed by atoms with Crippen molar-refractivity contribution in [3.8, 4) is 0 Å². The van der Waals surface area contributed by atoms with Gasteiger partial charge in [-0.3, -0.25) is 15.1 Å². The van der Waals surface area contributed by atoms with Gasteiger partial charge in [0.25, 0.3) is 0 Å². The largest absolute Gasteiger partial charge is 0.444 e. The molecule has 0 unspecified atom stereocenters. The van der Waals surface area contributed by atoms with Crippen molar-refractivity contribution in [1.29, 1.82) is 0 Å². The predicted octanol–water partition coefficient (Wildman–Crippen LogP) is 2.88. The average Bonchev–Trinajstić information content (AvgIpc) is 3.46. The van der Waals surface area contributed by atoms with Crippen molar-refractivity contribution >= 4 is 6.09 Å². The minimum atomic E-state index is -0.467. The number of nitrogens with one attached hydrogen (secondary N) is 2. The molecule has 31 heavy (non-hydrogen) atoms. The van der Waals surface area contributed by atoms with E-state index in [1.807, 2.05) is 25.7 Å². The minimum absolute atomic E-state index is 0.202. The normalized spacial score (nSPS) is 20.0. The molecule has 1 saturated heterocycles.